The molecule has 0 aliphatic heterocycles. The smallest absolute Gasteiger partial charge is 0.335 e. The van der Waals surface area contributed by atoms with Gasteiger partial charge in [0.25, 0.3) is 0 Å². The summed E-state index contributed by atoms with van der Waals surface area (Å²) in [6.07, 6.45) is 8.89. The fraction of sp³-hybridized carbons (Fsp3) is 0.519. The van der Waals surface area contributed by atoms with Crippen molar-refractivity contribution in [2.24, 2.45) is 5.92 Å². The van der Waals surface area contributed by atoms with Crippen molar-refractivity contribution < 1.29 is 15.0 Å². The van der Waals surface area contributed by atoms with E-state index in [0.717, 1.165) is 62.5 Å². The molecular formula is C27H35ClO3. The molecule has 3 rings (SSSR count). The fourth-order valence-corrected chi connectivity index (χ4v) is 5.36. The summed E-state index contributed by atoms with van der Waals surface area (Å²) in [4.78, 5) is 11.2. The molecule has 0 amide bonds. The highest BCUT2D eigenvalue weighted by atomic mass is 35.5. The van der Waals surface area contributed by atoms with Crippen molar-refractivity contribution in [3.8, 4) is 0 Å². The number of unbranched alkanes of at least 4 members (excludes halogenated alkanes) is 2. The van der Waals surface area contributed by atoms with E-state index in [2.05, 4.69) is 31.2 Å². The Balaban J connectivity index is 1.57. The van der Waals surface area contributed by atoms with Crippen LogP contribution in [0.15, 0.2) is 48.5 Å². The van der Waals surface area contributed by atoms with Crippen LogP contribution in [0.25, 0.3) is 0 Å². The van der Waals surface area contributed by atoms with Crippen LogP contribution >= 0.6 is 11.6 Å². The highest BCUT2D eigenvalue weighted by molar-refractivity contribution is 6.21. The maximum Gasteiger partial charge on any atom is 0.335 e. The van der Waals surface area contributed by atoms with Gasteiger partial charge in [0.1, 0.15) is 0 Å². The zero-order valence-electron chi connectivity index (χ0n) is 18.5. The van der Waals surface area contributed by atoms with Crippen LogP contribution in [0, 0.1) is 5.92 Å². The maximum absolute atomic E-state index is 11.2. The number of carboxylic acids is 1. The summed E-state index contributed by atoms with van der Waals surface area (Å²) >= 11 is 6.71. The molecule has 0 heterocycles. The monoisotopic (exact) mass is 442 g/mol. The lowest BCUT2D eigenvalue weighted by atomic mass is 9.84. The first-order chi connectivity index (χ1) is 15.0. The van der Waals surface area contributed by atoms with Gasteiger partial charge >= 0.3 is 5.97 Å². The summed E-state index contributed by atoms with van der Waals surface area (Å²) < 4.78 is 0. The van der Waals surface area contributed by atoms with E-state index < -0.39 is 5.97 Å². The molecule has 1 aliphatic rings. The van der Waals surface area contributed by atoms with Crippen molar-refractivity contribution in [2.45, 2.75) is 82.1 Å². The number of carboxylic acid groups (broad SMARTS) is 1. The van der Waals surface area contributed by atoms with Crippen molar-refractivity contribution in [3.63, 3.8) is 0 Å². The molecule has 31 heavy (non-hydrogen) atoms. The molecule has 4 unspecified atom stereocenters. The second kappa shape index (κ2) is 11.7. The van der Waals surface area contributed by atoms with E-state index in [1.54, 1.807) is 12.1 Å². The average Bonchev–Trinajstić information content (AvgIpc) is 3.14. The summed E-state index contributed by atoms with van der Waals surface area (Å²) in [5, 5.41) is 19.8. The van der Waals surface area contributed by atoms with E-state index in [1.807, 2.05) is 12.1 Å². The van der Waals surface area contributed by atoms with Crippen LogP contribution in [0.4, 0.5) is 0 Å². The van der Waals surface area contributed by atoms with Gasteiger partial charge in [0, 0.05) is 5.38 Å². The Morgan fingerprint density at radius 1 is 1.10 bits per heavy atom. The Hall–Kier alpha value is -1.84. The highest BCUT2D eigenvalue weighted by Crippen LogP contribution is 2.45. The third-order valence-electron chi connectivity index (χ3n) is 6.74. The molecule has 168 valence electrons. The molecule has 0 saturated heterocycles. The molecule has 4 heteroatoms. The quantitative estimate of drug-likeness (QED) is 0.287. The fourth-order valence-electron chi connectivity index (χ4n) is 4.94. The van der Waals surface area contributed by atoms with E-state index in [1.165, 1.54) is 12.0 Å². The minimum atomic E-state index is -0.877. The van der Waals surface area contributed by atoms with E-state index in [-0.39, 0.29) is 11.5 Å². The normalized spacial score (nSPS) is 21.8. The van der Waals surface area contributed by atoms with Crippen LogP contribution < -0.4 is 0 Å². The van der Waals surface area contributed by atoms with Gasteiger partial charge in [0.05, 0.1) is 11.7 Å². The van der Waals surface area contributed by atoms with Gasteiger partial charge in [-0.2, -0.15) is 0 Å². The number of hydrogen-bond donors (Lipinski definition) is 2. The minimum Gasteiger partial charge on any atom is -0.478 e. The second-order valence-electron chi connectivity index (χ2n) is 8.94. The lowest BCUT2D eigenvalue weighted by Crippen LogP contribution is -2.14. The van der Waals surface area contributed by atoms with Crippen LogP contribution in [0.2, 0.25) is 0 Å². The Bertz CT molecular complexity index is 833. The molecule has 0 bridgehead atoms. The van der Waals surface area contributed by atoms with Crippen molar-refractivity contribution in [2.75, 3.05) is 0 Å². The Labute approximate surface area is 191 Å². The van der Waals surface area contributed by atoms with Crippen molar-refractivity contribution in [3.05, 3.63) is 70.8 Å². The van der Waals surface area contributed by atoms with Crippen LogP contribution in [-0.4, -0.2) is 21.6 Å². The van der Waals surface area contributed by atoms with Crippen LogP contribution in [0.1, 0.15) is 97.4 Å². The number of benzene rings is 2. The minimum absolute atomic E-state index is 0.190. The zero-order valence-corrected chi connectivity index (χ0v) is 19.2. The molecule has 1 saturated carbocycles. The Morgan fingerprint density at radius 3 is 2.58 bits per heavy atom. The molecule has 2 N–H and O–H groups in total. The maximum atomic E-state index is 11.2. The number of alkyl halides is 1. The number of aryl methyl sites for hydroxylation is 1. The van der Waals surface area contributed by atoms with Gasteiger partial charge in [-0.15, -0.1) is 11.6 Å². The van der Waals surface area contributed by atoms with Crippen molar-refractivity contribution in [1.29, 1.82) is 0 Å². The number of halogens is 1. The summed E-state index contributed by atoms with van der Waals surface area (Å²) in [6, 6.07) is 15.8. The van der Waals surface area contributed by atoms with Gasteiger partial charge in [-0.3, -0.25) is 0 Å². The summed E-state index contributed by atoms with van der Waals surface area (Å²) in [5.74, 6) is 0.0150. The number of aromatic carboxylic acids is 1. The zero-order chi connectivity index (χ0) is 22.2. The van der Waals surface area contributed by atoms with Crippen LogP contribution in [-0.2, 0) is 6.42 Å². The number of rotatable bonds is 11. The standard InChI is InChI=1S/C27H35ClO3/c1-2-3-4-11-26(29)21-14-12-20(13-15-21)23-16-17-25(28)24(23)10-6-8-19-7-5-9-22(18-19)27(30)31/h5,7,9,12-15,18,23-26,29H,2-4,6,8,10-11,16-17H2,1H3,(H,30,31). The predicted molar refractivity (Wildman–Crippen MR) is 127 cm³/mol. The van der Waals surface area contributed by atoms with Gasteiger partial charge in [-0.25, -0.2) is 4.79 Å². The molecule has 1 aliphatic carbocycles. The lowest BCUT2D eigenvalue weighted by molar-refractivity contribution is 0.0696. The van der Waals surface area contributed by atoms with E-state index in [9.17, 15) is 15.0 Å². The predicted octanol–water partition coefficient (Wildman–Crippen LogP) is 7.12. The molecule has 2 aromatic carbocycles. The van der Waals surface area contributed by atoms with Crippen molar-refractivity contribution in [1.82, 2.24) is 0 Å². The first kappa shape index (κ1) is 23.8. The van der Waals surface area contributed by atoms with Crippen LogP contribution in [0.5, 0.6) is 0 Å². The van der Waals surface area contributed by atoms with Gasteiger partial charge in [0.2, 0.25) is 0 Å². The SMILES string of the molecule is CCCCCC(O)c1ccc(C2CCC(Cl)C2CCCc2cccc(C(=O)O)c2)cc1. The highest BCUT2D eigenvalue weighted by Gasteiger charge is 2.35. The molecule has 4 atom stereocenters. The number of aliphatic hydroxyl groups is 1. The Morgan fingerprint density at radius 2 is 1.87 bits per heavy atom. The number of carbonyl (C=O) groups is 1. The van der Waals surface area contributed by atoms with Gasteiger partial charge in [-0.1, -0.05) is 62.6 Å². The van der Waals surface area contributed by atoms with Gasteiger partial charge in [0.15, 0.2) is 0 Å². The first-order valence-corrected chi connectivity index (χ1v) is 12.2. The Kier molecular flexibility index (Phi) is 8.98. The third kappa shape index (κ3) is 6.57. The van der Waals surface area contributed by atoms with Gasteiger partial charge in [-0.05, 0) is 79.2 Å². The molecule has 1 fully saturated rings. The average molecular weight is 443 g/mol. The van der Waals surface area contributed by atoms with E-state index in [0.29, 0.717) is 17.4 Å². The van der Waals surface area contributed by atoms with Gasteiger partial charge < -0.3 is 10.2 Å². The summed E-state index contributed by atoms with van der Waals surface area (Å²) in [5.41, 5.74) is 3.76. The first-order valence-electron chi connectivity index (χ1n) is 11.7. The molecule has 0 aromatic heterocycles. The number of aliphatic hydroxyl groups excluding tert-OH is 1. The molecule has 0 spiro atoms. The van der Waals surface area contributed by atoms with E-state index in [4.69, 9.17) is 11.6 Å². The van der Waals surface area contributed by atoms with Crippen LogP contribution in [0.3, 0.4) is 0 Å². The summed E-state index contributed by atoms with van der Waals surface area (Å²) in [7, 11) is 0. The molecule has 2 aromatic rings. The molecular weight excluding hydrogens is 408 g/mol. The topological polar surface area (TPSA) is 57.5 Å². The van der Waals surface area contributed by atoms with E-state index >= 15 is 0 Å². The second-order valence-corrected chi connectivity index (χ2v) is 9.50. The lowest BCUT2D eigenvalue weighted by Gasteiger charge is -2.23. The molecule has 3 nitrogen and oxygen atoms in total. The largest absolute Gasteiger partial charge is 0.478 e. The summed E-state index contributed by atoms with van der Waals surface area (Å²) in [6.45, 7) is 2.18. The van der Waals surface area contributed by atoms with Crippen molar-refractivity contribution >= 4 is 17.6 Å². The third-order valence-corrected chi connectivity index (χ3v) is 7.28. The number of hydrogen-bond acceptors (Lipinski definition) is 2. The molecule has 0 radical (unpaired) electrons.